The highest BCUT2D eigenvalue weighted by Crippen LogP contribution is 2.18. The van der Waals surface area contributed by atoms with E-state index in [4.69, 9.17) is 0 Å². The summed E-state index contributed by atoms with van der Waals surface area (Å²) in [5.74, 6) is -1.80. The highest BCUT2D eigenvalue weighted by molar-refractivity contribution is 6.39. The molecule has 2 rings (SSSR count). The Morgan fingerprint density at radius 3 is 2.26 bits per heavy atom. The van der Waals surface area contributed by atoms with E-state index in [1.807, 2.05) is 0 Å². The highest BCUT2D eigenvalue weighted by Gasteiger charge is 2.26. The topological polar surface area (TPSA) is 84.5 Å². The molecule has 19 heavy (non-hydrogen) atoms. The molecule has 0 heterocycles. The van der Waals surface area contributed by atoms with Gasteiger partial charge in [-0.25, -0.2) is 4.79 Å². The van der Waals surface area contributed by atoms with E-state index in [0.717, 1.165) is 12.8 Å². The Bertz CT molecular complexity index is 506. The molecule has 1 aliphatic carbocycles. The van der Waals surface area contributed by atoms with Gasteiger partial charge in [0.05, 0.1) is 12.7 Å². The van der Waals surface area contributed by atoms with E-state index in [1.54, 1.807) is 0 Å². The molecule has 0 atom stereocenters. The second-order valence-electron chi connectivity index (χ2n) is 4.27. The number of hydrogen-bond donors (Lipinski definition) is 2. The molecule has 0 unspecified atom stereocenters. The van der Waals surface area contributed by atoms with Crippen molar-refractivity contribution >= 4 is 23.5 Å². The van der Waals surface area contributed by atoms with Crippen LogP contribution in [0.2, 0.25) is 0 Å². The molecule has 0 radical (unpaired) electrons. The Morgan fingerprint density at radius 2 is 1.74 bits per heavy atom. The van der Waals surface area contributed by atoms with Gasteiger partial charge in [0.1, 0.15) is 0 Å². The van der Waals surface area contributed by atoms with Crippen molar-refractivity contribution in [3.63, 3.8) is 0 Å². The van der Waals surface area contributed by atoms with Crippen LogP contribution < -0.4 is 10.6 Å². The van der Waals surface area contributed by atoms with Crippen molar-refractivity contribution in [1.82, 2.24) is 5.32 Å². The van der Waals surface area contributed by atoms with Crippen LogP contribution in [-0.2, 0) is 14.3 Å². The number of hydrogen-bond acceptors (Lipinski definition) is 4. The summed E-state index contributed by atoms with van der Waals surface area (Å²) in [4.78, 5) is 34.2. The maximum Gasteiger partial charge on any atom is 0.337 e. The van der Waals surface area contributed by atoms with Gasteiger partial charge >= 0.3 is 17.8 Å². The van der Waals surface area contributed by atoms with Crippen LogP contribution in [0.5, 0.6) is 0 Å². The third kappa shape index (κ3) is 3.54. The second-order valence-corrected chi connectivity index (χ2v) is 4.27. The Hall–Kier alpha value is -2.37. The molecule has 1 aromatic rings. The molecule has 6 nitrogen and oxygen atoms in total. The molecule has 6 heteroatoms. The first kappa shape index (κ1) is 13.1. The summed E-state index contributed by atoms with van der Waals surface area (Å²) < 4.78 is 4.56. The summed E-state index contributed by atoms with van der Waals surface area (Å²) >= 11 is 0. The van der Waals surface area contributed by atoms with Crippen molar-refractivity contribution in [2.24, 2.45) is 0 Å². The van der Waals surface area contributed by atoms with E-state index in [2.05, 4.69) is 15.4 Å². The largest absolute Gasteiger partial charge is 0.465 e. The Labute approximate surface area is 110 Å². The zero-order valence-electron chi connectivity index (χ0n) is 10.4. The Morgan fingerprint density at radius 1 is 1.11 bits per heavy atom. The van der Waals surface area contributed by atoms with Crippen LogP contribution in [0.1, 0.15) is 23.2 Å². The second kappa shape index (κ2) is 5.51. The number of ether oxygens (including phenoxy) is 1. The van der Waals surface area contributed by atoms with Gasteiger partial charge in [-0.2, -0.15) is 0 Å². The van der Waals surface area contributed by atoms with Crippen LogP contribution in [0.15, 0.2) is 24.3 Å². The summed E-state index contributed by atoms with van der Waals surface area (Å²) in [5, 5.41) is 5.04. The van der Waals surface area contributed by atoms with Crippen molar-refractivity contribution < 1.29 is 19.1 Å². The van der Waals surface area contributed by atoms with Crippen molar-refractivity contribution in [2.75, 3.05) is 12.4 Å². The maximum absolute atomic E-state index is 11.5. The van der Waals surface area contributed by atoms with Crippen LogP contribution in [-0.4, -0.2) is 30.9 Å². The smallest absolute Gasteiger partial charge is 0.337 e. The predicted octanol–water partition coefficient (Wildman–Crippen LogP) is 0.690. The fourth-order valence-corrected chi connectivity index (χ4v) is 1.47. The molecule has 1 aromatic carbocycles. The number of methoxy groups -OCH3 is 1. The van der Waals surface area contributed by atoms with Crippen molar-refractivity contribution in [3.05, 3.63) is 29.8 Å². The summed E-state index contributed by atoms with van der Waals surface area (Å²) in [7, 11) is 1.29. The molecule has 2 N–H and O–H groups in total. The predicted molar refractivity (Wildman–Crippen MR) is 67.6 cm³/mol. The average Bonchev–Trinajstić information content (AvgIpc) is 3.22. The van der Waals surface area contributed by atoms with Gasteiger partial charge in [0.2, 0.25) is 0 Å². The molecule has 0 saturated heterocycles. The first-order valence-corrected chi connectivity index (χ1v) is 5.90. The number of anilines is 1. The molecule has 0 bridgehead atoms. The number of nitrogens with one attached hydrogen (secondary N) is 2. The van der Waals surface area contributed by atoms with Gasteiger partial charge in [-0.15, -0.1) is 0 Å². The SMILES string of the molecule is COC(=O)c1ccc(NC(=O)C(=O)NC2CC2)cc1. The van der Waals surface area contributed by atoms with E-state index < -0.39 is 17.8 Å². The lowest BCUT2D eigenvalue weighted by Crippen LogP contribution is -2.36. The monoisotopic (exact) mass is 262 g/mol. The minimum absolute atomic E-state index is 0.139. The molecule has 2 amide bonds. The normalized spacial score (nSPS) is 13.5. The molecular weight excluding hydrogens is 248 g/mol. The van der Waals surface area contributed by atoms with Gasteiger partial charge in [-0.1, -0.05) is 0 Å². The number of carbonyl (C=O) groups excluding carboxylic acids is 3. The van der Waals surface area contributed by atoms with Gasteiger partial charge in [0.15, 0.2) is 0 Å². The van der Waals surface area contributed by atoms with Gasteiger partial charge in [-0.05, 0) is 37.1 Å². The number of esters is 1. The number of rotatable bonds is 3. The van der Waals surface area contributed by atoms with Gasteiger partial charge < -0.3 is 15.4 Å². The molecule has 100 valence electrons. The summed E-state index contributed by atoms with van der Waals surface area (Å²) in [5.41, 5.74) is 0.825. The van der Waals surface area contributed by atoms with E-state index in [1.165, 1.54) is 31.4 Å². The third-order valence-corrected chi connectivity index (χ3v) is 2.68. The minimum Gasteiger partial charge on any atom is -0.465 e. The quantitative estimate of drug-likeness (QED) is 0.620. The summed E-state index contributed by atoms with van der Waals surface area (Å²) in [6.07, 6.45) is 1.85. The average molecular weight is 262 g/mol. The van der Waals surface area contributed by atoms with Crippen LogP contribution in [0.3, 0.4) is 0 Å². The van der Waals surface area contributed by atoms with Gasteiger partial charge in [0, 0.05) is 11.7 Å². The first-order valence-electron chi connectivity index (χ1n) is 5.90. The van der Waals surface area contributed by atoms with Crippen LogP contribution in [0.25, 0.3) is 0 Å². The van der Waals surface area contributed by atoms with E-state index in [9.17, 15) is 14.4 Å². The van der Waals surface area contributed by atoms with E-state index >= 15 is 0 Å². The van der Waals surface area contributed by atoms with E-state index in [-0.39, 0.29) is 6.04 Å². The van der Waals surface area contributed by atoms with Crippen LogP contribution in [0, 0.1) is 0 Å². The fourth-order valence-electron chi connectivity index (χ4n) is 1.47. The third-order valence-electron chi connectivity index (χ3n) is 2.68. The fraction of sp³-hybridized carbons (Fsp3) is 0.308. The standard InChI is InChI=1S/C13H14N2O4/c1-19-13(18)8-2-4-9(5-3-8)14-11(16)12(17)15-10-6-7-10/h2-5,10H,6-7H2,1H3,(H,14,16)(H,15,17). The minimum atomic E-state index is -0.710. The molecule has 1 fully saturated rings. The molecule has 1 saturated carbocycles. The zero-order valence-corrected chi connectivity index (χ0v) is 10.4. The van der Waals surface area contributed by atoms with Crippen molar-refractivity contribution in [2.45, 2.75) is 18.9 Å². The number of carbonyl (C=O) groups is 3. The Balaban J connectivity index is 1.92. The first-order chi connectivity index (χ1) is 9.10. The van der Waals surface area contributed by atoms with Gasteiger partial charge in [-0.3, -0.25) is 9.59 Å². The van der Waals surface area contributed by atoms with E-state index in [0.29, 0.717) is 11.3 Å². The molecule has 0 aromatic heterocycles. The lowest BCUT2D eigenvalue weighted by molar-refractivity contribution is -0.136. The number of amides is 2. The molecule has 0 aliphatic heterocycles. The van der Waals surface area contributed by atoms with Crippen molar-refractivity contribution in [3.8, 4) is 0 Å². The van der Waals surface area contributed by atoms with Crippen LogP contribution in [0.4, 0.5) is 5.69 Å². The lowest BCUT2D eigenvalue weighted by Gasteiger charge is -2.06. The highest BCUT2D eigenvalue weighted by atomic mass is 16.5. The number of benzene rings is 1. The van der Waals surface area contributed by atoms with Gasteiger partial charge in [0.25, 0.3) is 0 Å². The van der Waals surface area contributed by atoms with Crippen molar-refractivity contribution in [1.29, 1.82) is 0 Å². The zero-order chi connectivity index (χ0) is 13.8. The molecule has 1 aliphatic rings. The molecule has 0 spiro atoms. The van der Waals surface area contributed by atoms with Crippen LogP contribution >= 0.6 is 0 Å². The maximum atomic E-state index is 11.5. The molecular formula is C13H14N2O4. The summed E-state index contributed by atoms with van der Waals surface area (Å²) in [6.45, 7) is 0. The Kier molecular flexibility index (Phi) is 3.79. The lowest BCUT2D eigenvalue weighted by atomic mass is 10.2. The summed E-state index contributed by atoms with van der Waals surface area (Å²) in [6, 6.07) is 6.24.